The highest BCUT2D eigenvalue weighted by Gasteiger charge is 2.20. The summed E-state index contributed by atoms with van der Waals surface area (Å²) in [7, 11) is 0. The maximum absolute atomic E-state index is 12.9. The van der Waals surface area contributed by atoms with Crippen LogP contribution in [0.5, 0.6) is 5.75 Å². The third-order valence-electron chi connectivity index (χ3n) is 4.50. The van der Waals surface area contributed by atoms with Crippen molar-refractivity contribution in [3.63, 3.8) is 0 Å². The normalized spacial score (nSPS) is 11.8. The standard InChI is InChI=1S/C23H20FN3O4S/c1-14-3-5-16(6-4-14)23-27-26-22(31-23)15(2)30-21(28)11-18-13-32-20(25-18)12-29-19-9-7-17(24)8-10-19/h3-10,13,15H,11-12H2,1-2H3. The monoisotopic (exact) mass is 453 g/mol. The van der Waals surface area contributed by atoms with E-state index in [0.29, 0.717) is 22.3 Å². The second-order valence-corrected chi connectivity index (χ2v) is 8.04. The van der Waals surface area contributed by atoms with Gasteiger partial charge in [-0.3, -0.25) is 4.79 Å². The fourth-order valence-corrected chi connectivity index (χ4v) is 3.53. The molecule has 1 unspecified atom stereocenters. The Morgan fingerprint density at radius 2 is 1.88 bits per heavy atom. The molecule has 9 heteroatoms. The first kappa shape index (κ1) is 21.6. The topological polar surface area (TPSA) is 87.3 Å². The predicted molar refractivity (Wildman–Crippen MR) is 116 cm³/mol. The van der Waals surface area contributed by atoms with Crippen molar-refractivity contribution in [1.82, 2.24) is 15.2 Å². The molecule has 7 nitrogen and oxygen atoms in total. The van der Waals surface area contributed by atoms with E-state index in [9.17, 15) is 9.18 Å². The lowest BCUT2D eigenvalue weighted by atomic mass is 10.1. The van der Waals surface area contributed by atoms with Crippen molar-refractivity contribution in [2.75, 3.05) is 0 Å². The van der Waals surface area contributed by atoms with Gasteiger partial charge in [-0.15, -0.1) is 21.5 Å². The molecule has 4 aromatic rings. The molecule has 2 aromatic heterocycles. The molecule has 0 amide bonds. The number of carbonyl (C=O) groups is 1. The van der Waals surface area contributed by atoms with E-state index in [-0.39, 0.29) is 24.7 Å². The Morgan fingerprint density at radius 1 is 1.12 bits per heavy atom. The molecule has 32 heavy (non-hydrogen) atoms. The predicted octanol–water partition coefficient (Wildman–Crippen LogP) is 5.07. The fourth-order valence-electron chi connectivity index (χ4n) is 2.82. The molecule has 0 radical (unpaired) electrons. The van der Waals surface area contributed by atoms with Crippen LogP contribution >= 0.6 is 11.3 Å². The largest absolute Gasteiger partial charge is 0.486 e. The second kappa shape index (κ2) is 9.69. The van der Waals surface area contributed by atoms with Crippen molar-refractivity contribution in [2.24, 2.45) is 0 Å². The van der Waals surface area contributed by atoms with E-state index in [2.05, 4.69) is 15.2 Å². The quantitative estimate of drug-likeness (QED) is 0.344. The zero-order chi connectivity index (χ0) is 22.5. The molecule has 0 aliphatic carbocycles. The van der Waals surface area contributed by atoms with Crippen LogP contribution in [-0.4, -0.2) is 21.2 Å². The van der Waals surface area contributed by atoms with Gasteiger partial charge in [0.2, 0.25) is 5.89 Å². The first-order valence-electron chi connectivity index (χ1n) is 9.88. The summed E-state index contributed by atoms with van der Waals surface area (Å²) in [6, 6.07) is 13.4. The zero-order valence-electron chi connectivity index (χ0n) is 17.4. The van der Waals surface area contributed by atoms with E-state index < -0.39 is 12.1 Å². The van der Waals surface area contributed by atoms with Crippen LogP contribution in [0.3, 0.4) is 0 Å². The van der Waals surface area contributed by atoms with Crippen molar-refractivity contribution < 1.29 is 23.1 Å². The van der Waals surface area contributed by atoms with Crippen molar-refractivity contribution in [1.29, 1.82) is 0 Å². The summed E-state index contributed by atoms with van der Waals surface area (Å²) in [5.41, 5.74) is 2.50. The second-order valence-electron chi connectivity index (χ2n) is 7.10. The first-order valence-corrected chi connectivity index (χ1v) is 10.8. The van der Waals surface area contributed by atoms with E-state index >= 15 is 0 Å². The van der Waals surface area contributed by atoms with Crippen LogP contribution in [0.2, 0.25) is 0 Å². The van der Waals surface area contributed by atoms with Crippen LogP contribution in [-0.2, 0) is 22.6 Å². The molecule has 0 saturated heterocycles. The van der Waals surface area contributed by atoms with Crippen molar-refractivity contribution in [2.45, 2.75) is 33.0 Å². The number of halogens is 1. The number of carbonyl (C=O) groups excluding carboxylic acids is 1. The molecule has 164 valence electrons. The van der Waals surface area contributed by atoms with Crippen molar-refractivity contribution in [3.8, 4) is 17.2 Å². The fraction of sp³-hybridized carbons (Fsp3) is 0.217. The summed E-state index contributed by atoms with van der Waals surface area (Å²) in [4.78, 5) is 16.7. The minimum absolute atomic E-state index is 0.0103. The minimum Gasteiger partial charge on any atom is -0.486 e. The van der Waals surface area contributed by atoms with Gasteiger partial charge in [0.05, 0.1) is 12.1 Å². The highest BCUT2D eigenvalue weighted by atomic mass is 32.1. The van der Waals surface area contributed by atoms with Gasteiger partial charge in [-0.2, -0.15) is 0 Å². The van der Waals surface area contributed by atoms with Gasteiger partial charge in [0.1, 0.15) is 23.2 Å². The number of hydrogen-bond acceptors (Lipinski definition) is 8. The number of aryl methyl sites for hydroxylation is 1. The third kappa shape index (κ3) is 5.55. The van der Waals surface area contributed by atoms with Crippen molar-refractivity contribution >= 4 is 17.3 Å². The number of rotatable bonds is 8. The van der Waals surface area contributed by atoms with Gasteiger partial charge < -0.3 is 13.9 Å². The first-order chi connectivity index (χ1) is 15.5. The van der Waals surface area contributed by atoms with Crippen LogP contribution in [0, 0.1) is 12.7 Å². The summed E-state index contributed by atoms with van der Waals surface area (Å²) in [6.45, 7) is 3.90. The number of nitrogens with zero attached hydrogens (tertiary/aromatic N) is 3. The van der Waals surface area contributed by atoms with Gasteiger partial charge in [-0.1, -0.05) is 17.7 Å². The summed E-state index contributed by atoms with van der Waals surface area (Å²) < 4.78 is 29.6. The zero-order valence-corrected chi connectivity index (χ0v) is 18.3. The van der Waals surface area contributed by atoms with Gasteiger partial charge in [-0.25, -0.2) is 9.37 Å². The molecule has 0 spiro atoms. The highest BCUT2D eigenvalue weighted by Crippen LogP contribution is 2.23. The van der Waals surface area contributed by atoms with Crippen LogP contribution < -0.4 is 4.74 Å². The van der Waals surface area contributed by atoms with Gasteiger partial charge in [0.15, 0.2) is 6.10 Å². The third-order valence-corrected chi connectivity index (χ3v) is 5.37. The highest BCUT2D eigenvalue weighted by molar-refractivity contribution is 7.09. The Hall–Kier alpha value is -3.59. The van der Waals surface area contributed by atoms with Crippen LogP contribution in [0.15, 0.2) is 58.3 Å². The molecule has 2 aromatic carbocycles. The molecule has 1 atom stereocenters. The molecule has 4 rings (SSSR count). The number of hydrogen-bond donors (Lipinski definition) is 0. The lowest BCUT2D eigenvalue weighted by Crippen LogP contribution is -2.12. The van der Waals surface area contributed by atoms with Crippen LogP contribution in [0.25, 0.3) is 11.5 Å². The summed E-state index contributed by atoms with van der Waals surface area (Å²) >= 11 is 1.37. The number of ether oxygens (including phenoxy) is 2. The van der Waals surface area contributed by atoms with Gasteiger partial charge in [0.25, 0.3) is 5.89 Å². The smallest absolute Gasteiger partial charge is 0.312 e. The molecule has 0 saturated carbocycles. The maximum Gasteiger partial charge on any atom is 0.312 e. The Labute approximate surface area is 187 Å². The van der Waals surface area contributed by atoms with Gasteiger partial charge in [0, 0.05) is 10.9 Å². The summed E-state index contributed by atoms with van der Waals surface area (Å²) in [5.74, 6) is 0.354. The average Bonchev–Trinajstić information content (AvgIpc) is 3.44. The Balaban J connectivity index is 1.29. The molecule has 0 bridgehead atoms. The summed E-state index contributed by atoms with van der Waals surface area (Å²) in [6.07, 6.45) is -0.676. The van der Waals surface area contributed by atoms with E-state index in [1.54, 1.807) is 24.4 Å². The molecule has 0 aliphatic heterocycles. The molecule has 0 fully saturated rings. The Morgan fingerprint density at radius 3 is 2.62 bits per heavy atom. The Kier molecular flexibility index (Phi) is 6.55. The van der Waals surface area contributed by atoms with E-state index in [1.807, 2.05) is 31.2 Å². The SMILES string of the molecule is Cc1ccc(-c2nnc(C(C)OC(=O)Cc3csc(COc4ccc(F)cc4)n3)o2)cc1. The number of aromatic nitrogens is 3. The number of benzene rings is 2. The minimum atomic E-state index is -0.686. The Bertz CT molecular complexity index is 1190. The van der Waals surface area contributed by atoms with Gasteiger partial charge in [-0.05, 0) is 50.2 Å². The molecular formula is C23H20FN3O4S. The van der Waals surface area contributed by atoms with Crippen molar-refractivity contribution in [3.05, 3.63) is 81.9 Å². The molecule has 2 heterocycles. The average molecular weight is 453 g/mol. The van der Waals surface area contributed by atoms with E-state index in [4.69, 9.17) is 13.9 Å². The number of esters is 1. The lowest BCUT2D eigenvalue weighted by molar-refractivity contribution is -0.148. The lowest BCUT2D eigenvalue weighted by Gasteiger charge is -2.08. The van der Waals surface area contributed by atoms with Crippen LogP contribution in [0.1, 0.15) is 35.2 Å². The molecule has 0 aliphatic rings. The van der Waals surface area contributed by atoms with E-state index in [0.717, 1.165) is 11.1 Å². The maximum atomic E-state index is 12.9. The van der Waals surface area contributed by atoms with Crippen LogP contribution in [0.4, 0.5) is 4.39 Å². The van der Waals surface area contributed by atoms with E-state index in [1.165, 1.54) is 23.5 Å². The van der Waals surface area contributed by atoms with Gasteiger partial charge >= 0.3 is 5.97 Å². The summed E-state index contributed by atoms with van der Waals surface area (Å²) in [5, 5.41) is 10.5. The molecule has 0 N–H and O–H groups in total. The molecular weight excluding hydrogens is 433 g/mol. The number of thiazole rings is 1.